The molecule has 0 fully saturated rings. The Balaban J connectivity index is 2.85. The molecule has 0 bridgehead atoms. The Morgan fingerprint density at radius 1 is 1.53 bits per heavy atom. The summed E-state index contributed by atoms with van der Waals surface area (Å²) in [7, 11) is 0. The van der Waals surface area contributed by atoms with Crippen LogP contribution in [0.5, 0.6) is 0 Å². The molecule has 1 aromatic heterocycles. The number of nitrogens with two attached hydrogens (primary N) is 1. The lowest BCUT2D eigenvalue weighted by Gasteiger charge is -2.11. The predicted octanol–water partition coefficient (Wildman–Crippen LogP) is 1.10. The number of carboxylic acids is 1. The van der Waals surface area contributed by atoms with Crippen LogP contribution >= 0.6 is 11.8 Å². The van der Waals surface area contributed by atoms with Gasteiger partial charge in [0.15, 0.2) is 5.16 Å². The fourth-order valence-corrected chi connectivity index (χ4v) is 2.66. The summed E-state index contributed by atoms with van der Waals surface area (Å²) in [6, 6.07) is 0. The summed E-state index contributed by atoms with van der Waals surface area (Å²) in [6.45, 7) is 4.93. The number of carbonyl (C=O) groups is 1. The molecule has 3 N–H and O–H groups in total. The van der Waals surface area contributed by atoms with Crippen LogP contribution in [-0.4, -0.2) is 31.1 Å². The van der Waals surface area contributed by atoms with Gasteiger partial charge in [-0.15, -0.1) is 10.2 Å². The lowest BCUT2D eigenvalue weighted by molar-refractivity contribution is -0.136. The minimum Gasteiger partial charge on any atom is -0.480 e. The molecule has 17 heavy (non-hydrogen) atoms. The van der Waals surface area contributed by atoms with Crippen LogP contribution in [-0.2, 0) is 17.9 Å². The van der Waals surface area contributed by atoms with Gasteiger partial charge in [0, 0.05) is 6.54 Å². The number of hydrogen-bond acceptors (Lipinski definition) is 5. The van der Waals surface area contributed by atoms with Crippen LogP contribution in [0.15, 0.2) is 5.16 Å². The van der Waals surface area contributed by atoms with Crippen LogP contribution in [0.2, 0.25) is 0 Å². The van der Waals surface area contributed by atoms with Gasteiger partial charge >= 0.3 is 5.97 Å². The SMILES string of the molecule is CCCC(Sc1nnc(CN)n1CC)C(=O)O. The monoisotopic (exact) mass is 258 g/mol. The molecule has 96 valence electrons. The number of hydrogen-bond donors (Lipinski definition) is 2. The number of thioether (sulfide) groups is 1. The highest BCUT2D eigenvalue weighted by Crippen LogP contribution is 2.25. The van der Waals surface area contributed by atoms with Gasteiger partial charge in [-0.1, -0.05) is 25.1 Å². The summed E-state index contributed by atoms with van der Waals surface area (Å²) >= 11 is 1.24. The van der Waals surface area contributed by atoms with Gasteiger partial charge in [-0.25, -0.2) is 0 Å². The lowest BCUT2D eigenvalue weighted by Crippen LogP contribution is -2.17. The molecule has 1 aromatic rings. The van der Waals surface area contributed by atoms with Crippen molar-refractivity contribution in [3.8, 4) is 0 Å². The summed E-state index contributed by atoms with van der Waals surface area (Å²) in [5.74, 6) is -0.118. The maximum atomic E-state index is 11.1. The fraction of sp³-hybridized carbons (Fsp3) is 0.700. The van der Waals surface area contributed by atoms with Crippen molar-refractivity contribution in [1.29, 1.82) is 0 Å². The summed E-state index contributed by atoms with van der Waals surface area (Å²) in [6.07, 6.45) is 1.45. The molecule has 6 nitrogen and oxygen atoms in total. The van der Waals surface area contributed by atoms with E-state index in [1.54, 1.807) is 0 Å². The van der Waals surface area contributed by atoms with Crippen molar-refractivity contribution in [2.24, 2.45) is 5.73 Å². The Bertz CT molecular complexity index is 380. The van der Waals surface area contributed by atoms with E-state index in [9.17, 15) is 4.79 Å². The van der Waals surface area contributed by atoms with Crippen molar-refractivity contribution in [3.05, 3.63) is 5.82 Å². The summed E-state index contributed by atoms with van der Waals surface area (Å²) in [5, 5.41) is 17.2. The van der Waals surface area contributed by atoms with Gasteiger partial charge in [0.05, 0.1) is 6.54 Å². The third kappa shape index (κ3) is 3.44. The molecular weight excluding hydrogens is 240 g/mol. The summed E-state index contributed by atoms with van der Waals surface area (Å²) in [5.41, 5.74) is 5.54. The highest BCUT2D eigenvalue weighted by atomic mass is 32.2. The minimum absolute atomic E-state index is 0.312. The second-order valence-corrected chi connectivity index (χ2v) is 4.75. The van der Waals surface area contributed by atoms with Gasteiger partial charge in [-0.3, -0.25) is 4.79 Å². The van der Waals surface area contributed by atoms with Crippen molar-refractivity contribution in [2.45, 2.75) is 50.2 Å². The first kappa shape index (κ1) is 14.0. The van der Waals surface area contributed by atoms with E-state index in [0.29, 0.717) is 30.5 Å². The van der Waals surface area contributed by atoms with E-state index >= 15 is 0 Å². The highest BCUT2D eigenvalue weighted by Gasteiger charge is 2.21. The number of carboxylic acid groups (broad SMARTS) is 1. The minimum atomic E-state index is -0.809. The van der Waals surface area contributed by atoms with Crippen LogP contribution in [0.25, 0.3) is 0 Å². The maximum absolute atomic E-state index is 11.1. The van der Waals surface area contributed by atoms with E-state index in [2.05, 4.69) is 10.2 Å². The van der Waals surface area contributed by atoms with Crippen molar-refractivity contribution < 1.29 is 9.90 Å². The zero-order valence-electron chi connectivity index (χ0n) is 10.1. The normalized spacial score (nSPS) is 12.6. The Morgan fingerprint density at radius 3 is 2.71 bits per heavy atom. The average Bonchev–Trinajstić information content (AvgIpc) is 2.70. The second-order valence-electron chi connectivity index (χ2n) is 3.58. The van der Waals surface area contributed by atoms with Gasteiger partial charge in [0.2, 0.25) is 0 Å². The first-order chi connectivity index (χ1) is 8.13. The molecule has 1 heterocycles. The number of nitrogens with zero attached hydrogens (tertiary/aromatic N) is 3. The molecular formula is C10H18N4O2S. The molecule has 0 saturated heterocycles. The molecule has 0 saturated carbocycles. The Labute approximate surface area is 105 Å². The Kier molecular flexibility index (Phi) is 5.43. The zero-order chi connectivity index (χ0) is 12.8. The standard InChI is InChI=1S/C10H18N4O2S/c1-3-5-7(9(15)16)17-10-13-12-8(6-11)14(10)4-2/h7H,3-6,11H2,1-2H3,(H,15,16). The summed E-state index contributed by atoms with van der Waals surface area (Å²) in [4.78, 5) is 11.1. The van der Waals surface area contributed by atoms with Gasteiger partial charge in [-0.2, -0.15) is 0 Å². The quantitative estimate of drug-likeness (QED) is 0.711. The van der Waals surface area contributed by atoms with Crippen molar-refractivity contribution in [1.82, 2.24) is 14.8 Å². The van der Waals surface area contributed by atoms with Gasteiger partial charge in [-0.05, 0) is 13.3 Å². The van der Waals surface area contributed by atoms with E-state index < -0.39 is 11.2 Å². The van der Waals surface area contributed by atoms with Crippen LogP contribution in [0, 0.1) is 0 Å². The largest absolute Gasteiger partial charge is 0.480 e. The first-order valence-electron chi connectivity index (χ1n) is 5.65. The average molecular weight is 258 g/mol. The van der Waals surface area contributed by atoms with Gasteiger partial charge < -0.3 is 15.4 Å². The molecule has 7 heteroatoms. The Hall–Kier alpha value is -1.08. The second kappa shape index (κ2) is 6.61. The molecule has 1 unspecified atom stereocenters. The Morgan fingerprint density at radius 2 is 2.24 bits per heavy atom. The third-order valence-electron chi connectivity index (χ3n) is 2.37. The van der Waals surface area contributed by atoms with Crippen LogP contribution in [0.3, 0.4) is 0 Å². The number of aromatic nitrogens is 3. The van der Waals surface area contributed by atoms with Crippen molar-refractivity contribution in [3.63, 3.8) is 0 Å². The molecule has 0 aliphatic carbocycles. The number of rotatable bonds is 7. The van der Waals surface area contributed by atoms with Gasteiger partial charge in [0.1, 0.15) is 11.1 Å². The van der Waals surface area contributed by atoms with Crippen molar-refractivity contribution in [2.75, 3.05) is 0 Å². The van der Waals surface area contributed by atoms with E-state index in [1.165, 1.54) is 11.8 Å². The molecule has 1 rings (SSSR count). The molecule has 1 atom stereocenters. The predicted molar refractivity (Wildman–Crippen MR) is 65.8 cm³/mol. The summed E-state index contributed by atoms with van der Waals surface area (Å²) < 4.78 is 1.86. The maximum Gasteiger partial charge on any atom is 0.317 e. The smallest absolute Gasteiger partial charge is 0.317 e. The van der Waals surface area contributed by atoms with Gasteiger partial charge in [0.25, 0.3) is 0 Å². The van der Waals surface area contributed by atoms with E-state index in [-0.39, 0.29) is 0 Å². The molecule has 0 aromatic carbocycles. The molecule has 0 aliphatic rings. The molecule has 0 spiro atoms. The van der Waals surface area contributed by atoms with Crippen molar-refractivity contribution >= 4 is 17.7 Å². The molecule has 0 radical (unpaired) electrons. The number of aliphatic carboxylic acids is 1. The van der Waals surface area contributed by atoms with Crippen LogP contribution in [0.4, 0.5) is 0 Å². The fourth-order valence-electron chi connectivity index (χ4n) is 1.50. The molecule has 0 aliphatic heterocycles. The van der Waals surface area contributed by atoms with Crippen LogP contribution < -0.4 is 5.73 Å². The van der Waals surface area contributed by atoms with E-state index in [0.717, 1.165) is 6.42 Å². The zero-order valence-corrected chi connectivity index (χ0v) is 10.9. The topological polar surface area (TPSA) is 94.0 Å². The lowest BCUT2D eigenvalue weighted by atomic mass is 10.2. The highest BCUT2D eigenvalue weighted by molar-refractivity contribution is 8.00. The van der Waals surface area contributed by atoms with Crippen LogP contribution in [0.1, 0.15) is 32.5 Å². The first-order valence-corrected chi connectivity index (χ1v) is 6.53. The molecule has 0 amide bonds. The van der Waals surface area contributed by atoms with E-state index in [4.69, 9.17) is 10.8 Å². The van der Waals surface area contributed by atoms with E-state index in [1.807, 2.05) is 18.4 Å². The third-order valence-corrected chi connectivity index (χ3v) is 3.60.